The number of methoxy groups -OCH3 is 1. The van der Waals surface area contributed by atoms with Crippen LogP contribution in [-0.4, -0.2) is 24.8 Å². The monoisotopic (exact) mass is 319 g/mol. The highest BCUT2D eigenvalue weighted by Crippen LogP contribution is 2.34. The lowest BCUT2D eigenvalue weighted by Gasteiger charge is -2.20. The van der Waals surface area contributed by atoms with Crippen molar-refractivity contribution in [3.05, 3.63) is 27.7 Å². The zero-order valence-corrected chi connectivity index (χ0v) is 13.1. The third kappa shape index (κ3) is 4.28. The highest BCUT2D eigenvalue weighted by molar-refractivity contribution is 6.41. The second kappa shape index (κ2) is 6.33. The maximum absolute atomic E-state index is 11.7. The Labute approximate surface area is 127 Å². The molecule has 5 nitrogen and oxygen atoms in total. The van der Waals surface area contributed by atoms with E-state index in [1.54, 1.807) is 20.8 Å². The van der Waals surface area contributed by atoms with E-state index in [1.807, 2.05) is 0 Å². The van der Waals surface area contributed by atoms with Gasteiger partial charge < -0.3 is 9.47 Å². The minimum absolute atomic E-state index is 0.00444. The molecule has 0 radical (unpaired) electrons. The lowest BCUT2D eigenvalue weighted by Crippen LogP contribution is -2.27. The zero-order valence-electron chi connectivity index (χ0n) is 11.5. The smallest absolute Gasteiger partial charge is 0.412 e. The van der Waals surface area contributed by atoms with Crippen molar-refractivity contribution in [1.29, 1.82) is 0 Å². The Kier molecular flexibility index (Phi) is 5.25. The molecule has 0 heterocycles. The summed E-state index contributed by atoms with van der Waals surface area (Å²) < 4.78 is 9.68. The molecule has 110 valence electrons. The van der Waals surface area contributed by atoms with Crippen molar-refractivity contribution < 1.29 is 19.1 Å². The van der Waals surface area contributed by atoms with E-state index < -0.39 is 17.7 Å². The Morgan fingerprint density at radius 2 is 1.80 bits per heavy atom. The van der Waals surface area contributed by atoms with E-state index >= 15 is 0 Å². The molecule has 20 heavy (non-hydrogen) atoms. The molecule has 0 aliphatic carbocycles. The van der Waals surface area contributed by atoms with Crippen molar-refractivity contribution in [2.75, 3.05) is 12.4 Å². The van der Waals surface area contributed by atoms with Gasteiger partial charge in [0.2, 0.25) is 0 Å². The second-order valence-electron chi connectivity index (χ2n) is 4.90. The molecule has 0 spiro atoms. The molecule has 0 atom stereocenters. The van der Waals surface area contributed by atoms with Crippen molar-refractivity contribution in [3.8, 4) is 0 Å². The predicted molar refractivity (Wildman–Crippen MR) is 77.7 cm³/mol. The van der Waals surface area contributed by atoms with Crippen molar-refractivity contribution in [3.63, 3.8) is 0 Å². The Bertz CT molecular complexity index is 538. The van der Waals surface area contributed by atoms with Gasteiger partial charge in [0.05, 0.1) is 28.4 Å². The number of carbonyl (C=O) groups is 2. The van der Waals surface area contributed by atoms with Gasteiger partial charge in [-0.15, -0.1) is 0 Å². The standard InChI is InChI=1S/C13H15Cl2NO4/c1-13(2,3)20-12(18)16-10-8(14)6-5-7(9(10)15)11(17)19-4/h5-6H,1-4H3,(H,16,18). The molecule has 0 aliphatic rings. The number of nitrogens with one attached hydrogen (secondary N) is 1. The van der Waals surface area contributed by atoms with Gasteiger partial charge in [0.1, 0.15) is 5.60 Å². The lowest BCUT2D eigenvalue weighted by molar-refractivity contribution is 0.0596. The SMILES string of the molecule is COC(=O)c1ccc(Cl)c(NC(=O)OC(C)(C)C)c1Cl. The summed E-state index contributed by atoms with van der Waals surface area (Å²) in [5.41, 5.74) is -0.460. The second-order valence-corrected chi connectivity index (χ2v) is 5.69. The van der Waals surface area contributed by atoms with E-state index in [1.165, 1.54) is 19.2 Å². The summed E-state index contributed by atoms with van der Waals surface area (Å²) in [5, 5.41) is 2.61. The van der Waals surface area contributed by atoms with Crippen LogP contribution in [0.2, 0.25) is 10.0 Å². The molecular weight excluding hydrogens is 305 g/mol. The van der Waals surface area contributed by atoms with Crippen LogP contribution in [0.25, 0.3) is 0 Å². The fourth-order valence-electron chi connectivity index (χ4n) is 1.34. The van der Waals surface area contributed by atoms with E-state index in [0.717, 1.165) is 0 Å². The summed E-state index contributed by atoms with van der Waals surface area (Å²) in [6, 6.07) is 2.85. The van der Waals surface area contributed by atoms with Gasteiger partial charge in [0.25, 0.3) is 0 Å². The first-order valence-electron chi connectivity index (χ1n) is 5.72. The molecule has 1 aromatic carbocycles. The van der Waals surface area contributed by atoms with E-state index in [9.17, 15) is 9.59 Å². The van der Waals surface area contributed by atoms with Gasteiger partial charge in [0.15, 0.2) is 0 Å². The summed E-state index contributed by atoms with van der Waals surface area (Å²) in [6.45, 7) is 5.17. The van der Waals surface area contributed by atoms with Crippen LogP contribution in [0.4, 0.5) is 10.5 Å². The minimum Gasteiger partial charge on any atom is -0.465 e. The van der Waals surface area contributed by atoms with Crippen LogP contribution in [0.1, 0.15) is 31.1 Å². The number of ether oxygens (including phenoxy) is 2. The molecule has 1 N–H and O–H groups in total. The van der Waals surface area contributed by atoms with Crippen LogP contribution in [-0.2, 0) is 9.47 Å². The number of hydrogen-bond acceptors (Lipinski definition) is 4. The molecule has 0 bridgehead atoms. The average Bonchev–Trinajstić information content (AvgIpc) is 2.31. The number of esters is 1. The van der Waals surface area contributed by atoms with Crippen LogP contribution in [0.3, 0.4) is 0 Å². The maximum Gasteiger partial charge on any atom is 0.412 e. The first kappa shape index (κ1) is 16.6. The average molecular weight is 320 g/mol. The van der Waals surface area contributed by atoms with Gasteiger partial charge in [-0.1, -0.05) is 23.2 Å². The Morgan fingerprint density at radius 3 is 2.30 bits per heavy atom. The number of hydrogen-bond donors (Lipinski definition) is 1. The van der Waals surface area contributed by atoms with Gasteiger partial charge in [-0.05, 0) is 32.9 Å². The number of anilines is 1. The molecule has 0 fully saturated rings. The number of carbonyl (C=O) groups excluding carboxylic acids is 2. The van der Waals surface area contributed by atoms with Gasteiger partial charge in [0, 0.05) is 0 Å². The fourth-order valence-corrected chi connectivity index (χ4v) is 1.88. The Hall–Kier alpha value is -1.46. The molecule has 1 amide bonds. The third-order valence-corrected chi connectivity index (χ3v) is 2.83. The summed E-state index contributed by atoms with van der Waals surface area (Å²) in [4.78, 5) is 23.2. The fraction of sp³-hybridized carbons (Fsp3) is 0.385. The van der Waals surface area contributed by atoms with E-state index in [2.05, 4.69) is 10.1 Å². The van der Waals surface area contributed by atoms with Gasteiger partial charge in [-0.3, -0.25) is 5.32 Å². The highest BCUT2D eigenvalue weighted by Gasteiger charge is 2.21. The number of halogens is 2. The van der Waals surface area contributed by atoms with Crippen LogP contribution in [0.15, 0.2) is 12.1 Å². The van der Waals surface area contributed by atoms with Crippen LogP contribution in [0.5, 0.6) is 0 Å². The Balaban J connectivity index is 3.06. The largest absolute Gasteiger partial charge is 0.465 e. The molecule has 0 saturated heterocycles. The first-order valence-corrected chi connectivity index (χ1v) is 6.47. The highest BCUT2D eigenvalue weighted by atomic mass is 35.5. The van der Waals surface area contributed by atoms with Gasteiger partial charge in [-0.2, -0.15) is 0 Å². The van der Waals surface area contributed by atoms with E-state index in [0.29, 0.717) is 0 Å². The number of amides is 1. The first-order chi connectivity index (χ1) is 9.15. The molecular formula is C13H15Cl2NO4. The van der Waals surface area contributed by atoms with Crippen molar-refractivity contribution >= 4 is 41.0 Å². The number of benzene rings is 1. The molecule has 1 aromatic rings. The van der Waals surface area contributed by atoms with Crippen molar-refractivity contribution in [1.82, 2.24) is 0 Å². The zero-order chi connectivity index (χ0) is 15.5. The summed E-state index contributed by atoms with van der Waals surface area (Å²) in [5.74, 6) is -0.626. The Morgan fingerprint density at radius 1 is 1.20 bits per heavy atom. The third-order valence-electron chi connectivity index (χ3n) is 2.12. The molecule has 0 saturated carbocycles. The minimum atomic E-state index is -0.719. The van der Waals surface area contributed by atoms with Crippen molar-refractivity contribution in [2.24, 2.45) is 0 Å². The van der Waals surface area contributed by atoms with Gasteiger partial charge in [-0.25, -0.2) is 9.59 Å². The van der Waals surface area contributed by atoms with Crippen LogP contribution in [0, 0.1) is 0 Å². The van der Waals surface area contributed by atoms with Crippen LogP contribution < -0.4 is 5.32 Å². The summed E-state index contributed by atoms with van der Waals surface area (Å²) in [6.07, 6.45) is -0.719. The quantitative estimate of drug-likeness (QED) is 0.832. The van der Waals surface area contributed by atoms with Crippen molar-refractivity contribution in [2.45, 2.75) is 26.4 Å². The molecule has 1 rings (SSSR count). The predicted octanol–water partition coefficient (Wildman–Crippen LogP) is 4.13. The van der Waals surface area contributed by atoms with E-state index in [-0.39, 0.29) is 21.3 Å². The maximum atomic E-state index is 11.7. The molecule has 0 aromatic heterocycles. The van der Waals surface area contributed by atoms with Crippen LogP contribution >= 0.6 is 23.2 Å². The van der Waals surface area contributed by atoms with E-state index in [4.69, 9.17) is 27.9 Å². The molecule has 7 heteroatoms. The normalized spacial score (nSPS) is 10.9. The topological polar surface area (TPSA) is 64.6 Å². The summed E-state index contributed by atoms with van der Waals surface area (Å²) in [7, 11) is 1.23. The molecule has 0 unspecified atom stereocenters. The summed E-state index contributed by atoms with van der Waals surface area (Å²) >= 11 is 12.0. The molecule has 0 aliphatic heterocycles. The number of rotatable bonds is 2. The van der Waals surface area contributed by atoms with Gasteiger partial charge >= 0.3 is 12.1 Å². The lowest BCUT2D eigenvalue weighted by atomic mass is 10.2.